The van der Waals surface area contributed by atoms with Gasteiger partial charge in [0.25, 0.3) is 5.91 Å². The summed E-state index contributed by atoms with van der Waals surface area (Å²) in [5, 5.41) is 6.86. The molecule has 0 unspecified atom stereocenters. The molecule has 2 fully saturated rings. The summed E-state index contributed by atoms with van der Waals surface area (Å²) in [6.45, 7) is 3.30. The van der Waals surface area contributed by atoms with Crippen LogP contribution in [0, 0.1) is 5.92 Å². The molecule has 22 heavy (non-hydrogen) atoms. The maximum atomic E-state index is 12.3. The summed E-state index contributed by atoms with van der Waals surface area (Å²) in [5.41, 5.74) is 5.73. The van der Waals surface area contributed by atoms with E-state index in [1.807, 2.05) is 6.92 Å². The van der Waals surface area contributed by atoms with Crippen LogP contribution in [0.2, 0.25) is 0 Å². The Hall–Kier alpha value is -1.89. The van der Waals surface area contributed by atoms with Gasteiger partial charge >= 0.3 is 0 Å². The summed E-state index contributed by atoms with van der Waals surface area (Å²) >= 11 is 0. The van der Waals surface area contributed by atoms with Crippen molar-refractivity contribution in [3.8, 4) is 0 Å². The summed E-state index contributed by atoms with van der Waals surface area (Å²) in [6, 6.07) is 1.78. The van der Waals surface area contributed by atoms with Gasteiger partial charge in [0.2, 0.25) is 5.91 Å². The second-order valence-corrected chi connectivity index (χ2v) is 6.28. The first-order valence-corrected chi connectivity index (χ1v) is 7.83. The fourth-order valence-electron chi connectivity index (χ4n) is 2.91. The molecule has 1 saturated heterocycles. The van der Waals surface area contributed by atoms with Gasteiger partial charge < -0.3 is 20.5 Å². The quantitative estimate of drug-likeness (QED) is 0.842. The van der Waals surface area contributed by atoms with Crippen LogP contribution < -0.4 is 11.1 Å². The number of carbonyl (C=O) groups is 2. The lowest BCUT2D eigenvalue weighted by Crippen LogP contribution is -2.52. The molecule has 2 atom stereocenters. The molecule has 3 rings (SSSR count). The van der Waals surface area contributed by atoms with Gasteiger partial charge in [-0.05, 0) is 25.2 Å². The van der Waals surface area contributed by atoms with Crippen LogP contribution in [-0.2, 0) is 4.79 Å². The summed E-state index contributed by atoms with van der Waals surface area (Å²) in [5.74, 6) is 1.19. The van der Waals surface area contributed by atoms with Gasteiger partial charge in [0.15, 0.2) is 5.69 Å². The summed E-state index contributed by atoms with van der Waals surface area (Å²) in [4.78, 5) is 25.6. The molecule has 7 nitrogen and oxygen atoms in total. The highest BCUT2D eigenvalue weighted by molar-refractivity contribution is 5.92. The lowest BCUT2D eigenvalue weighted by atomic mass is 9.93. The number of hydrogen-bond acceptors (Lipinski definition) is 5. The van der Waals surface area contributed by atoms with Gasteiger partial charge in [0, 0.05) is 31.1 Å². The van der Waals surface area contributed by atoms with Crippen molar-refractivity contribution in [1.29, 1.82) is 0 Å². The normalized spacial score (nSPS) is 25.1. The van der Waals surface area contributed by atoms with E-state index in [2.05, 4.69) is 10.5 Å². The molecule has 1 aromatic heterocycles. The number of aromatic nitrogens is 1. The molecule has 3 N–H and O–H groups in total. The Morgan fingerprint density at radius 2 is 2.23 bits per heavy atom. The monoisotopic (exact) mass is 306 g/mol. The van der Waals surface area contributed by atoms with Crippen LogP contribution in [-0.4, -0.2) is 47.5 Å². The molecule has 2 amide bonds. The fraction of sp³-hybridized carbons (Fsp3) is 0.667. The zero-order valence-electron chi connectivity index (χ0n) is 12.7. The highest BCUT2D eigenvalue weighted by Crippen LogP contribution is 2.40. The summed E-state index contributed by atoms with van der Waals surface area (Å²) in [6.07, 6.45) is 2.95. The number of nitrogens with zero attached hydrogens (tertiary/aromatic N) is 2. The van der Waals surface area contributed by atoms with Crippen molar-refractivity contribution < 1.29 is 14.1 Å². The van der Waals surface area contributed by atoms with E-state index in [0.717, 1.165) is 25.0 Å². The Kier molecular flexibility index (Phi) is 4.15. The van der Waals surface area contributed by atoms with E-state index < -0.39 is 0 Å². The van der Waals surface area contributed by atoms with E-state index in [9.17, 15) is 9.59 Å². The largest absolute Gasteiger partial charge is 0.360 e. The minimum Gasteiger partial charge on any atom is -0.360 e. The molecule has 120 valence electrons. The van der Waals surface area contributed by atoms with Crippen LogP contribution in [0.3, 0.4) is 0 Å². The number of likely N-dealkylation sites (tertiary alicyclic amines) is 1. The molecule has 7 heteroatoms. The van der Waals surface area contributed by atoms with Crippen LogP contribution in [0.1, 0.15) is 48.4 Å². The minimum absolute atomic E-state index is 0.0344. The average molecular weight is 306 g/mol. The van der Waals surface area contributed by atoms with Gasteiger partial charge in [-0.2, -0.15) is 0 Å². The molecule has 0 bridgehead atoms. The Balaban J connectivity index is 1.56. The van der Waals surface area contributed by atoms with E-state index in [1.54, 1.807) is 11.0 Å². The van der Waals surface area contributed by atoms with Crippen molar-refractivity contribution in [3.05, 3.63) is 17.5 Å². The van der Waals surface area contributed by atoms with Gasteiger partial charge in [0.1, 0.15) is 5.76 Å². The van der Waals surface area contributed by atoms with Crippen molar-refractivity contribution in [2.45, 2.75) is 38.1 Å². The number of nitrogens with one attached hydrogen (secondary N) is 1. The van der Waals surface area contributed by atoms with E-state index >= 15 is 0 Å². The molecule has 1 aliphatic heterocycles. The maximum Gasteiger partial charge on any atom is 0.273 e. The number of carbonyl (C=O) groups excluding carboxylic acids is 2. The Morgan fingerprint density at radius 3 is 2.86 bits per heavy atom. The van der Waals surface area contributed by atoms with Crippen molar-refractivity contribution in [2.75, 3.05) is 19.6 Å². The number of amides is 2. The number of piperidine rings is 1. The van der Waals surface area contributed by atoms with Gasteiger partial charge in [-0.15, -0.1) is 0 Å². The molecule has 0 aromatic carbocycles. The second-order valence-electron chi connectivity index (χ2n) is 6.28. The molecule has 2 heterocycles. The fourth-order valence-corrected chi connectivity index (χ4v) is 2.91. The van der Waals surface area contributed by atoms with Gasteiger partial charge in [-0.1, -0.05) is 12.1 Å². The lowest BCUT2D eigenvalue weighted by molar-refractivity contribution is -0.131. The Morgan fingerprint density at radius 1 is 1.45 bits per heavy atom. The van der Waals surface area contributed by atoms with E-state index in [1.165, 1.54) is 0 Å². The van der Waals surface area contributed by atoms with Gasteiger partial charge in [-0.3, -0.25) is 9.59 Å². The molecule has 1 saturated carbocycles. The van der Waals surface area contributed by atoms with Crippen LogP contribution in [0.4, 0.5) is 0 Å². The van der Waals surface area contributed by atoms with E-state index in [-0.39, 0.29) is 30.3 Å². The molecule has 1 aromatic rings. The van der Waals surface area contributed by atoms with Crippen LogP contribution in [0.25, 0.3) is 0 Å². The van der Waals surface area contributed by atoms with Crippen molar-refractivity contribution in [3.63, 3.8) is 0 Å². The van der Waals surface area contributed by atoms with Gasteiger partial charge in [0.05, 0.1) is 6.54 Å². The molecular weight excluding hydrogens is 284 g/mol. The highest BCUT2D eigenvalue weighted by atomic mass is 16.5. The summed E-state index contributed by atoms with van der Waals surface area (Å²) < 4.78 is 5.21. The topological polar surface area (TPSA) is 101 Å². The molecule has 1 aliphatic carbocycles. The molecule has 0 radical (unpaired) electrons. The smallest absolute Gasteiger partial charge is 0.273 e. The third kappa shape index (κ3) is 3.14. The minimum atomic E-state index is -0.203. The lowest BCUT2D eigenvalue weighted by Gasteiger charge is -2.37. The van der Waals surface area contributed by atoms with Crippen molar-refractivity contribution in [2.24, 2.45) is 11.7 Å². The Bertz CT molecular complexity index is 567. The average Bonchev–Trinajstić information content (AvgIpc) is 3.25. The predicted molar refractivity (Wildman–Crippen MR) is 79.1 cm³/mol. The molecule has 0 spiro atoms. The highest BCUT2D eigenvalue weighted by Gasteiger charge is 2.31. The first-order chi connectivity index (χ1) is 10.6. The van der Waals surface area contributed by atoms with Gasteiger partial charge in [-0.25, -0.2) is 0 Å². The molecule has 2 aliphatic rings. The number of rotatable bonds is 4. The zero-order chi connectivity index (χ0) is 15.7. The third-order valence-electron chi connectivity index (χ3n) is 4.49. The van der Waals surface area contributed by atoms with E-state index in [0.29, 0.717) is 24.7 Å². The predicted octanol–water partition coefficient (Wildman–Crippen LogP) is 0.478. The van der Waals surface area contributed by atoms with E-state index in [4.69, 9.17) is 10.3 Å². The first kappa shape index (κ1) is 15.0. The third-order valence-corrected chi connectivity index (χ3v) is 4.49. The standard InChI is InChI=1S/C15H22N4O3/c1-9-8-19(14(20)7-16)5-4-11(9)17-15(21)12-6-13(22-18-12)10-2-3-10/h6,9-11H,2-5,7-8,16H2,1H3,(H,17,21)/t9-,11+/m1/s1. The van der Waals surface area contributed by atoms with Crippen LogP contribution >= 0.6 is 0 Å². The second kappa shape index (κ2) is 6.08. The van der Waals surface area contributed by atoms with Crippen molar-refractivity contribution in [1.82, 2.24) is 15.4 Å². The Labute approximate surface area is 129 Å². The van der Waals surface area contributed by atoms with Crippen LogP contribution in [0.5, 0.6) is 0 Å². The number of nitrogens with two attached hydrogens (primary N) is 1. The SMILES string of the molecule is C[C@@H]1CN(C(=O)CN)CC[C@@H]1NC(=O)c1cc(C2CC2)on1. The summed E-state index contributed by atoms with van der Waals surface area (Å²) in [7, 11) is 0. The number of hydrogen-bond donors (Lipinski definition) is 2. The maximum absolute atomic E-state index is 12.3. The molecular formula is C15H22N4O3. The first-order valence-electron chi connectivity index (χ1n) is 7.83. The zero-order valence-corrected chi connectivity index (χ0v) is 12.7. The van der Waals surface area contributed by atoms with Crippen LogP contribution in [0.15, 0.2) is 10.6 Å². The van der Waals surface area contributed by atoms with Crippen molar-refractivity contribution >= 4 is 11.8 Å².